The Hall–Kier alpha value is -4.29. The van der Waals surface area contributed by atoms with Crippen LogP contribution in [0.15, 0.2) is 77.7 Å². The number of nitrogens with zero attached hydrogens (tertiary/aromatic N) is 3. The number of non-ortho nitro benzene ring substituents is 1. The summed E-state index contributed by atoms with van der Waals surface area (Å²) in [5.41, 5.74) is 2.07. The number of halogens is 1. The minimum atomic E-state index is -4.11. The number of benzene rings is 3. The number of hydrogen-bond acceptors (Lipinski definition) is 7. The fraction of sp³-hybridized carbons (Fsp3) is 0.300. The molecule has 1 aliphatic rings. The first-order chi connectivity index (χ1) is 20.2. The van der Waals surface area contributed by atoms with Gasteiger partial charge in [-0.15, -0.1) is 0 Å². The monoisotopic (exact) mass is 595 g/mol. The molecule has 0 saturated carbocycles. The average Bonchev–Trinajstić information content (AvgIpc) is 3.27. The molecule has 12 heteroatoms. The van der Waals surface area contributed by atoms with E-state index in [9.17, 15) is 27.7 Å². The van der Waals surface area contributed by atoms with Gasteiger partial charge in [0.2, 0.25) is 10.0 Å². The minimum Gasteiger partial charge on any atom is -0.492 e. The second-order valence-electron chi connectivity index (χ2n) is 9.90. The predicted octanol–water partition coefficient (Wildman–Crippen LogP) is 4.88. The van der Waals surface area contributed by atoms with Crippen LogP contribution in [0.2, 0.25) is 0 Å². The van der Waals surface area contributed by atoms with E-state index in [1.807, 2.05) is 22.8 Å². The Kier molecular flexibility index (Phi) is 8.55. The summed E-state index contributed by atoms with van der Waals surface area (Å²) in [5.74, 6) is -0.259. The molecule has 0 spiro atoms. The zero-order valence-electron chi connectivity index (χ0n) is 22.9. The van der Waals surface area contributed by atoms with Crippen molar-refractivity contribution in [1.82, 2.24) is 8.87 Å². The van der Waals surface area contributed by atoms with Crippen LogP contribution in [0.25, 0.3) is 10.9 Å². The second kappa shape index (κ2) is 12.3. The molecule has 3 aromatic carbocycles. The highest BCUT2D eigenvalue weighted by Crippen LogP contribution is 2.36. The Balaban J connectivity index is 1.50. The molecular weight excluding hydrogens is 565 g/mol. The van der Waals surface area contributed by atoms with Crippen LogP contribution in [0.3, 0.4) is 0 Å². The van der Waals surface area contributed by atoms with E-state index in [-0.39, 0.29) is 43.3 Å². The summed E-state index contributed by atoms with van der Waals surface area (Å²) in [7, 11) is -4.11. The minimum absolute atomic E-state index is 0.0179. The van der Waals surface area contributed by atoms with Gasteiger partial charge in [-0.2, -0.15) is 4.31 Å². The summed E-state index contributed by atoms with van der Waals surface area (Å²) < 4.78 is 56.6. The first-order valence-corrected chi connectivity index (χ1v) is 15.0. The molecule has 1 atom stereocenters. The summed E-state index contributed by atoms with van der Waals surface area (Å²) >= 11 is 0. The summed E-state index contributed by atoms with van der Waals surface area (Å²) in [6.07, 6.45) is 1.16. The van der Waals surface area contributed by atoms with Crippen molar-refractivity contribution in [2.75, 3.05) is 19.8 Å². The van der Waals surface area contributed by atoms with Gasteiger partial charge in [0.1, 0.15) is 24.7 Å². The van der Waals surface area contributed by atoms with Gasteiger partial charge in [-0.1, -0.05) is 18.2 Å². The van der Waals surface area contributed by atoms with Crippen LogP contribution in [0, 0.1) is 15.9 Å². The highest BCUT2D eigenvalue weighted by Gasteiger charge is 2.36. The summed E-state index contributed by atoms with van der Waals surface area (Å²) in [6, 6.07) is 17.7. The average molecular weight is 596 g/mol. The Morgan fingerprint density at radius 3 is 2.55 bits per heavy atom. The van der Waals surface area contributed by atoms with Gasteiger partial charge in [-0.25, -0.2) is 12.8 Å². The predicted molar refractivity (Wildman–Crippen MR) is 153 cm³/mol. The van der Waals surface area contributed by atoms with E-state index in [1.165, 1.54) is 28.6 Å². The molecule has 0 saturated heterocycles. The van der Waals surface area contributed by atoms with Crippen molar-refractivity contribution < 1.29 is 32.0 Å². The number of carbonyl (C=O) groups is 1. The number of aromatic nitrogens is 1. The number of esters is 1. The molecule has 42 heavy (non-hydrogen) atoms. The van der Waals surface area contributed by atoms with Gasteiger partial charge in [-0.3, -0.25) is 14.9 Å². The number of hydrogen-bond donors (Lipinski definition) is 0. The molecule has 0 N–H and O–H groups in total. The smallest absolute Gasteiger partial charge is 0.325 e. The number of carbonyl (C=O) groups excluding carboxylic acids is 1. The van der Waals surface area contributed by atoms with Crippen molar-refractivity contribution >= 4 is 32.6 Å². The molecule has 4 aromatic rings. The second-order valence-corrected chi connectivity index (χ2v) is 11.8. The molecule has 1 aromatic heterocycles. The summed E-state index contributed by atoms with van der Waals surface area (Å²) in [5, 5.41) is 11.8. The van der Waals surface area contributed by atoms with Crippen LogP contribution in [-0.2, 0) is 38.9 Å². The van der Waals surface area contributed by atoms with Crippen molar-refractivity contribution in [3.63, 3.8) is 0 Å². The van der Waals surface area contributed by atoms with E-state index in [4.69, 9.17) is 9.47 Å². The van der Waals surface area contributed by atoms with Crippen LogP contribution < -0.4 is 4.74 Å². The number of fused-ring (bicyclic) bond motifs is 3. The number of nitro groups is 1. The Labute approximate surface area is 242 Å². The molecule has 1 heterocycles. The quantitative estimate of drug-likeness (QED) is 0.138. The number of ether oxygens (including phenoxy) is 2. The van der Waals surface area contributed by atoms with E-state index in [1.54, 1.807) is 25.1 Å². The third-order valence-electron chi connectivity index (χ3n) is 7.38. The van der Waals surface area contributed by atoms with Crippen LogP contribution in [0.1, 0.15) is 24.6 Å². The molecule has 0 bridgehead atoms. The van der Waals surface area contributed by atoms with Gasteiger partial charge in [0.25, 0.3) is 5.69 Å². The number of para-hydroxylation sites is 1. The van der Waals surface area contributed by atoms with Crippen LogP contribution >= 0.6 is 0 Å². The van der Waals surface area contributed by atoms with Crippen molar-refractivity contribution in [3.05, 3.63) is 100.0 Å². The molecule has 0 aliphatic heterocycles. The van der Waals surface area contributed by atoms with Gasteiger partial charge in [-0.05, 0) is 74.2 Å². The maximum absolute atomic E-state index is 14.4. The zero-order valence-corrected chi connectivity index (χ0v) is 23.8. The van der Waals surface area contributed by atoms with Gasteiger partial charge in [0.05, 0.1) is 16.4 Å². The highest BCUT2D eigenvalue weighted by atomic mass is 32.2. The normalized spacial score (nSPS) is 15.0. The van der Waals surface area contributed by atoms with Crippen LogP contribution in [-0.4, -0.2) is 54.0 Å². The molecule has 10 nitrogen and oxygen atoms in total. The van der Waals surface area contributed by atoms with E-state index < -0.39 is 32.8 Å². The SMILES string of the molecule is CCOC(=O)Cn1c2c(c3cc(F)ccc31)C[C@@H](N(CCOc1ccccc1)S(=O)(=O)c1ccc([N+](=O)[O-])cc1)CC2. The van der Waals surface area contributed by atoms with E-state index in [0.717, 1.165) is 23.4 Å². The van der Waals surface area contributed by atoms with Crippen molar-refractivity contribution in [1.29, 1.82) is 0 Å². The lowest BCUT2D eigenvalue weighted by molar-refractivity contribution is -0.384. The van der Waals surface area contributed by atoms with Crippen molar-refractivity contribution in [2.24, 2.45) is 0 Å². The third kappa shape index (κ3) is 6.00. The van der Waals surface area contributed by atoms with Crippen LogP contribution in [0.4, 0.5) is 10.1 Å². The van der Waals surface area contributed by atoms with Crippen molar-refractivity contribution in [3.8, 4) is 5.75 Å². The first-order valence-electron chi connectivity index (χ1n) is 13.6. The Bertz CT molecular complexity index is 1710. The Morgan fingerprint density at radius 2 is 1.86 bits per heavy atom. The summed E-state index contributed by atoms with van der Waals surface area (Å²) in [6.45, 7) is 2.01. The maximum atomic E-state index is 14.4. The fourth-order valence-corrected chi connectivity index (χ4v) is 7.15. The lowest BCUT2D eigenvalue weighted by atomic mass is 9.91. The molecule has 1 aliphatic carbocycles. The lowest BCUT2D eigenvalue weighted by Crippen LogP contribution is -2.45. The Morgan fingerprint density at radius 1 is 1.12 bits per heavy atom. The largest absolute Gasteiger partial charge is 0.492 e. The van der Waals surface area contributed by atoms with E-state index >= 15 is 0 Å². The maximum Gasteiger partial charge on any atom is 0.325 e. The molecule has 0 fully saturated rings. The zero-order chi connectivity index (χ0) is 29.9. The fourth-order valence-electron chi connectivity index (χ4n) is 5.51. The molecule has 220 valence electrons. The molecule has 5 rings (SSSR count). The number of sulfonamides is 1. The number of rotatable bonds is 11. The van der Waals surface area contributed by atoms with Crippen molar-refractivity contribution in [2.45, 2.75) is 43.7 Å². The number of nitro benzene ring substituents is 1. The topological polar surface area (TPSA) is 121 Å². The molecule has 0 unspecified atom stereocenters. The summed E-state index contributed by atoms with van der Waals surface area (Å²) in [4.78, 5) is 22.9. The van der Waals surface area contributed by atoms with Gasteiger partial charge < -0.3 is 14.0 Å². The first kappa shape index (κ1) is 29.2. The van der Waals surface area contributed by atoms with E-state index in [2.05, 4.69) is 0 Å². The third-order valence-corrected chi connectivity index (χ3v) is 9.35. The lowest BCUT2D eigenvalue weighted by Gasteiger charge is -2.34. The van der Waals surface area contributed by atoms with E-state index in [0.29, 0.717) is 29.5 Å². The van der Waals surface area contributed by atoms with Gasteiger partial charge >= 0.3 is 5.97 Å². The standard InChI is InChI=1S/C30H30FN3O7S/c1-2-40-30(35)20-32-28-14-8-21(31)18-26(28)27-19-23(11-15-29(27)32)33(16-17-41-24-6-4-3-5-7-24)42(38,39)25-12-9-22(10-13-25)34(36)37/h3-10,12-14,18,23H,2,11,15-17,19-20H2,1H3/t23-/m0/s1. The van der Waals surface area contributed by atoms with Gasteiger partial charge in [0, 0.05) is 41.3 Å². The molecule has 0 radical (unpaired) electrons. The van der Waals surface area contributed by atoms with Crippen LogP contribution in [0.5, 0.6) is 5.75 Å². The molecule has 0 amide bonds. The molecular formula is C30H30FN3O7S. The van der Waals surface area contributed by atoms with Gasteiger partial charge in [0.15, 0.2) is 0 Å². The highest BCUT2D eigenvalue weighted by molar-refractivity contribution is 7.89.